The number of piperidine rings is 1. The van der Waals surface area contributed by atoms with E-state index in [1.807, 2.05) is 31.2 Å². The Labute approximate surface area is 211 Å². The molecule has 3 N–H and O–H groups in total. The second-order valence-corrected chi connectivity index (χ2v) is 10.9. The van der Waals surface area contributed by atoms with E-state index in [0.29, 0.717) is 22.3 Å². The number of aryl methyl sites for hydroxylation is 1. The number of rotatable bonds is 5. The van der Waals surface area contributed by atoms with E-state index in [4.69, 9.17) is 9.97 Å². The van der Waals surface area contributed by atoms with E-state index in [2.05, 4.69) is 35.9 Å². The summed E-state index contributed by atoms with van der Waals surface area (Å²) in [6, 6.07) is 10.3. The van der Waals surface area contributed by atoms with E-state index < -0.39 is 0 Å². The molecule has 0 radical (unpaired) electrons. The monoisotopic (exact) mass is 508 g/mol. The van der Waals surface area contributed by atoms with E-state index in [-0.39, 0.29) is 11.6 Å². The SMILES string of the molecule is Cc1cc(N2CCN(c3nc(NC4CCCNC4)c(-c4nc5ccccc5s4)c(=O)[nH]3)CC2)sn1. The van der Waals surface area contributed by atoms with Gasteiger partial charge in [0.05, 0.1) is 15.9 Å². The van der Waals surface area contributed by atoms with Crippen LogP contribution in [0.5, 0.6) is 0 Å². The molecule has 2 saturated heterocycles. The molecule has 11 heteroatoms. The summed E-state index contributed by atoms with van der Waals surface area (Å²) in [5.41, 5.74) is 2.33. The first-order valence-electron chi connectivity index (χ1n) is 12.0. The third kappa shape index (κ3) is 4.63. The van der Waals surface area contributed by atoms with Crippen molar-refractivity contribution in [1.82, 2.24) is 24.6 Å². The molecule has 182 valence electrons. The zero-order valence-corrected chi connectivity index (χ0v) is 21.2. The highest BCUT2D eigenvalue weighted by Crippen LogP contribution is 2.33. The summed E-state index contributed by atoms with van der Waals surface area (Å²) in [4.78, 5) is 30.8. The van der Waals surface area contributed by atoms with Crippen LogP contribution >= 0.6 is 22.9 Å². The first-order valence-corrected chi connectivity index (χ1v) is 13.6. The highest BCUT2D eigenvalue weighted by Gasteiger charge is 2.25. The molecule has 2 fully saturated rings. The lowest BCUT2D eigenvalue weighted by Crippen LogP contribution is -2.47. The maximum absolute atomic E-state index is 13.5. The molecule has 5 heterocycles. The number of piperazine rings is 1. The predicted octanol–water partition coefficient (Wildman–Crippen LogP) is 3.30. The predicted molar refractivity (Wildman–Crippen MR) is 144 cm³/mol. The Kier molecular flexibility index (Phi) is 6.13. The van der Waals surface area contributed by atoms with Gasteiger partial charge in [0, 0.05) is 38.8 Å². The molecule has 3 aromatic heterocycles. The Balaban J connectivity index is 1.32. The van der Waals surface area contributed by atoms with E-state index in [9.17, 15) is 4.79 Å². The number of aromatic amines is 1. The summed E-state index contributed by atoms with van der Waals surface area (Å²) in [6.45, 7) is 7.20. The number of aromatic nitrogens is 4. The lowest BCUT2D eigenvalue weighted by molar-refractivity contribution is 0.479. The summed E-state index contributed by atoms with van der Waals surface area (Å²) >= 11 is 3.07. The smallest absolute Gasteiger partial charge is 0.264 e. The molecule has 1 unspecified atom stereocenters. The van der Waals surface area contributed by atoms with Crippen LogP contribution in [0.25, 0.3) is 20.8 Å². The zero-order chi connectivity index (χ0) is 23.8. The minimum atomic E-state index is -0.152. The van der Waals surface area contributed by atoms with Gasteiger partial charge in [0.15, 0.2) is 0 Å². The third-order valence-corrected chi connectivity index (χ3v) is 8.56. The van der Waals surface area contributed by atoms with Crippen LogP contribution in [0, 0.1) is 6.92 Å². The van der Waals surface area contributed by atoms with Gasteiger partial charge in [-0.15, -0.1) is 11.3 Å². The molecule has 6 rings (SSSR count). The summed E-state index contributed by atoms with van der Waals surface area (Å²) in [6.07, 6.45) is 2.15. The molecule has 0 aliphatic carbocycles. The molecule has 0 saturated carbocycles. The van der Waals surface area contributed by atoms with Gasteiger partial charge in [0.25, 0.3) is 5.56 Å². The van der Waals surface area contributed by atoms with Crippen molar-refractivity contribution in [2.45, 2.75) is 25.8 Å². The van der Waals surface area contributed by atoms with Crippen molar-refractivity contribution in [2.24, 2.45) is 0 Å². The maximum Gasteiger partial charge on any atom is 0.264 e. The van der Waals surface area contributed by atoms with Crippen LogP contribution in [0.4, 0.5) is 16.8 Å². The van der Waals surface area contributed by atoms with Crippen molar-refractivity contribution in [3.8, 4) is 10.6 Å². The number of hydrogen-bond donors (Lipinski definition) is 3. The molecule has 1 atom stereocenters. The highest BCUT2D eigenvalue weighted by atomic mass is 32.1. The Bertz CT molecular complexity index is 1350. The van der Waals surface area contributed by atoms with Gasteiger partial charge in [0.2, 0.25) is 5.95 Å². The van der Waals surface area contributed by atoms with Gasteiger partial charge >= 0.3 is 0 Å². The number of hydrogen-bond acceptors (Lipinski definition) is 10. The Morgan fingerprint density at radius 2 is 1.94 bits per heavy atom. The molecule has 1 aromatic carbocycles. The second-order valence-electron chi connectivity index (χ2n) is 9.07. The molecule has 35 heavy (non-hydrogen) atoms. The van der Waals surface area contributed by atoms with Crippen LogP contribution in [0.1, 0.15) is 18.5 Å². The van der Waals surface area contributed by atoms with Gasteiger partial charge in [-0.25, -0.2) is 4.98 Å². The van der Waals surface area contributed by atoms with Gasteiger partial charge in [-0.2, -0.15) is 9.36 Å². The van der Waals surface area contributed by atoms with Crippen molar-refractivity contribution >= 4 is 49.9 Å². The number of para-hydroxylation sites is 1. The largest absolute Gasteiger partial charge is 0.365 e. The molecule has 0 amide bonds. The van der Waals surface area contributed by atoms with Gasteiger partial charge < -0.3 is 20.4 Å². The van der Waals surface area contributed by atoms with Crippen molar-refractivity contribution < 1.29 is 0 Å². The summed E-state index contributed by atoms with van der Waals surface area (Å²) in [5.74, 6) is 1.24. The first kappa shape index (κ1) is 22.4. The lowest BCUT2D eigenvalue weighted by Gasteiger charge is -2.35. The van der Waals surface area contributed by atoms with Crippen molar-refractivity contribution in [1.29, 1.82) is 0 Å². The van der Waals surface area contributed by atoms with Gasteiger partial charge in [-0.3, -0.25) is 9.78 Å². The number of nitrogens with zero attached hydrogens (tertiary/aromatic N) is 5. The van der Waals surface area contributed by atoms with Crippen LogP contribution in [0.15, 0.2) is 35.1 Å². The number of anilines is 3. The number of thiazole rings is 1. The summed E-state index contributed by atoms with van der Waals surface area (Å²) in [5, 5.41) is 8.91. The molecule has 2 aliphatic heterocycles. The van der Waals surface area contributed by atoms with Crippen molar-refractivity contribution in [3.05, 3.63) is 46.4 Å². The number of benzene rings is 1. The van der Waals surface area contributed by atoms with Gasteiger partial charge in [0.1, 0.15) is 21.4 Å². The number of nitrogens with one attached hydrogen (secondary N) is 3. The van der Waals surface area contributed by atoms with Crippen LogP contribution in [0.3, 0.4) is 0 Å². The fraction of sp³-hybridized carbons (Fsp3) is 0.417. The van der Waals surface area contributed by atoms with Crippen LogP contribution in [-0.2, 0) is 0 Å². The minimum absolute atomic E-state index is 0.152. The first-order chi connectivity index (χ1) is 17.1. The van der Waals surface area contributed by atoms with Gasteiger partial charge in [-0.05, 0) is 56.0 Å². The third-order valence-electron chi connectivity index (χ3n) is 6.56. The van der Waals surface area contributed by atoms with Crippen molar-refractivity contribution in [3.63, 3.8) is 0 Å². The molecule has 0 bridgehead atoms. The zero-order valence-electron chi connectivity index (χ0n) is 19.6. The van der Waals surface area contributed by atoms with Gasteiger partial charge in [-0.1, -0.05) is 12.1 Å². The summed E-state index contributed by atoms with van der Waals surface area (Å²) in [7, 11) is 0. The average molecular weight is 509 g/mol. The van der Waals surface area contributed by atoms with Crippen molar-refractivity contribution in [2.75, 3.05) is 54.4 Å². The fourth-order valence-corrected chi connectivity index (χ4v) is 6.52. The van der Waals surface area contributed by atoms with E-state index in [1.54, 1.807) is 11.5 Å². The Morgan fingerprint density at radius 3 is 2.69 bits per heavy atom. The minimum Gasteiger partial charge on any atom is -0.365 e. The molecular weight excluding hydrogens is 480 g/mol. The molecular formula is C24H28N8OS2. The standard InChI is InChI=1S/C24H28N8OS2/c1-15-13-19(35-30-15)31-9-11-32(12-10-31)24-28-21(26-16-5-4-8-25-14-16)20(22(33)29-24)23-27-17-6-2-3-7-18(17)34-23/h2-3,6-7,13,16,25H,4-5,8-12,14H2,1H3,(H2,26,28,29,33). The highest BCUT2D eigenvalue weighted by molar-refractivity contribution is 7.21. The van der Waals surface area contributed by atoms with E-state index >= 15 is 0 Å². The maximum atomic E-state index is 13.5. The number of fused-ring (bicyclic) bond motifs is 1. The Hall–Kier alpha value is -3.02. The Morgan fingerprint density at radius 1 is 1.11 bits per heavy atom. The molecule has 0 spiro atoms. The average Bonchev–Trinajstić information content (AvgIpc) is 3.50. The topological polar surface area (TPSA) is 102 Å². The summed E-state index contributed by atoms with van der Waals surface area (Å²) < 4.78 is 5.47. The van der Waals surface area contributed by atoms with E-state index in [0.717, 1.165) is 68.0 Å². The fourth-order valence-electron chi connectivity index (χ4n) is 4.70. The van der Waals surface area contributed by atoms with Crippen LogP contribution in [-0.4, -0.2) is 64.6 Å². The van der Waals surface area contributed by atoms with Crippen LogP contribution < -0.4 is 26.0 Å². The van der Waals surface area contributed by atoms with E-state index in [1.165, 1.54) is 16.3 Å². The molecule has 9 nitrogen and oxygen atoms in total. The number of H-pyrrole nitrogens is 1. The quantitative estimate of drug-likeness (QED) is 0.378. The van der Waals surface area contributed by atoms with Crippen LogP contribution in [0.2, 0.25) is 0 Å². The molecule has 4 aromatic rings. The molecule has 2 aliphatic rings. The second kappa shape index (κ2) is 9.56. The normalized spacial score (nSPS) is 18.8. The lowest BCUT2D eigenvalue weighted by atomic mass is 10.1.